The lowest BCUT2D eigenvalue weighted by molar-refractivity contribution is 1.13. The van der Waals surface area contributed by atoms with Gasteiger partial charge in [0.1, 0.15) is 0 Å². The van der Waals surface area contributed by atoms with Gasteiger partial charge >= 0.3 is 0 Å². The van der Waals surface area contributed by atoms with Crippen LogP contribution in [0.5, 0.6) is 0 Å². The molecule has 0 saturated heterocycles. The van der Waals surface area contributed by atoms with Crippen molar-refractivity contribution in [1.29, 1.82) is 0 Å². The Morgan fingerprint density at radius 2 is 1.30 bits per heavy atom. The fourth-order valence-electron chi connectivity index (χ4n) is 3.84. The van der Waals surface area contributed by atoms with Gasteiger partial charge in [0.15, 0.2) is 0 Å². The molecule has 2 heteroatoms. The Labute approximate surface area is 158 Å². The molecule has 0 aliphatic heterocycles. The van der Waals surface area contributed by atoms with Crippen LogP contribution in [0.15, 0.2) is 83.9 Å². The van der Waals surface area contributed by atoms with Crippen molar-refractivity contribution >= 4 is 49.9 Å². The number of nitrogens with zero attached hydrogens (tertiary/aromatic N) is 2. The van der Waals surface area contributed by atoms with Crippen molar-refractivity contribution in [1.82, 2.24) is 0 Å². The highest BCUT2D eigenvalue weighted by Gasteiger charge is 2.09. The van der Waals surface area contributed by atoms with Crippen LogP contribution in [0.25, 0.3) is 32.3 Å². The van der Waals surface area contributed by atoms with E-state index in [9.17, 15) is 0 Å². The summed E-state index contributed by atoms with van der Waals surface area (Å²) in [5.74, 6) is 0. The van der Waals surface area contributed by atoms with E-state index in [1.807, 2.05) is 20.3 Å². The van der Waals surface area contributed by atoms with Crippen molar-refractivity contribution in [2.75, 3.05) is 19.0 Å². The van der Waals surface area contributed by atoms with Crippen molar-refractivity contribution in [3.63, 3.8) is 0 Å². The second-order valence-corrected chi connectivity index (χ2v) is 7.18. The first kappa shape index (κ1) is 15.8. The molecule has 2 nitrogen and oxygen atoms in total. The highest BCUT2D eigenvalue weighted by atomic mass is 15.1. The first-order chi connectivity index (χ1) is 13.2. The molecule has 130 valence electrons. The van der Waals surface area contributed by atoms with E-state index in [1.54, 1.807) is 0 Å². The Hall–Kier alpha value is -3.39. The lowest BCUT2D eigenvalue weighted by Crippen LogP contribution is -2.08. The van der Waals surface area contributed by atoms with Gasteiger partial charge in [-0.25, -0.2) is 0 Å². The molecule has 0 aliphatic rings. The number of anilines is 1. The van der Waals surface area contributed by atoms with E-state index >= 15 is 0 Å². The summed E-state index contributed by atoms with van der Waals surface area (Å²) >= 11 is 0. The molecule has 27 heavy (non-hydrogen) atoms. The summed E-state index contributed by atoms with van der Waals surface area (Å²) in [6.07, 6.45) is 1.95. The molecule has 0 bridgehead atoms. The van der Waals surface area contributed by atoms with E-state index < -0.39 is 0 Å². The Balaban J connectivity index is 1.65. The molecule has 0 fully saturated rings. The number of rotatable bonds is 3. The molecule has 0 heterocycles. The molecule has 0 N–H and O–H groups in total. The van der Waals surface area contributed by atoms with E-state index in [0.717, 1.165) is 11.3 Å². The standard InChI is InChI=1S/C25H20N2/c1-27(2)21-12-6-17(7-13-21)16-26-23-15-11-20-9-8-18-4-3-5-19-10-14-22(23)25(20)24(18)19/h3-16H,1-2H3. The Kier molecular flexibility index (Phi) is 3.58. The summed E-state index contributed by atoms with van der Waals surface area (Å²) in [7, 11) is 4.10. The van der Waals surface area contributed by atoms with Crippen LogP contribution in [0.4, 0.5) is 11.4 Å². The molecule has 0 saturated carbocycles. The second-order valence-electron chi connectivity index (χ2n) is 7.18. The molecular formula is C25H20N2. The minimum Gasteiger partial charge on any atom is -0.378 e. The maximum atomic E-state index is 4.82. The van der Waals surface area contributed by atoms with Crippen molar-refractivity contribution in [3.8, 4) is 0 Å². The van der Waals surface area contributed by atoms with Crippen molar-refractivity contribution in [2.45, 2.75) is 0 Å². The fourth-order valence-corrected chi connectivity index (χ4v) is 3.84. The van der Waals surface area contributed by atoms with E-state index in [0.29, 0.717) is 0 Å². The third-order valence-electron chi connectivity index (χ3n) is 5.27. The van der Waals surface area contributed by atoms with Crippen LogP contribution in [0.3, 0.4) is 0 Å². The van der Waals surface area contributed by atoms with Gasteiger partial charge in [0.05, 0.1) is 5.69 Å². The van der Waals surface area contributed by atoms with E-state index in [2.05, 4.69) is 83.8 Å². The number of hydrogen-bond donors (Lipinski definition) is 0. The summed E-state index contributed by atoms with van der Waals surface area (Å²) in [5, 5.41) is 7.68. The maximum Gasteiger partial charge on any atom is 0.0708 e. The van der Waals surface area contributed by atoms with Crippen LogP contribution in [0, 0.1) is 0 Å². The molecular weight excluding hydrogens is 328 g/mol. The van der Waals surface area contributed by atoms with Gasteiger partial charge in [0.2, 0.25) is 0 Å². The van der Waals surface area contributed by atoms with E-state index in [-0.39, 0.29) is 0 Å². The van der Waals surface area contributed by atoms with E-state index in [1.165, 1.54) is 38.0 Å². The summed E-state index contributed by atoms with van der Waals surface area (Å²) < 4.78 is 0. The zero-order valence-electron chi connectivity index (χ0n) is 15.5. The van der Waals surface area contributed by atoms with Gasteiger partial charge in [-0.05, 0) is 50.7 Å². The predicted octanol–water partition coefficient (Wildman–Crippen LogP) is 6.40. The largest absolute Gasteiger partial charge is 0.378 e. The van der Waals surface area contributed by atoms with Crippen LogP contribution in [-0.4, -0.2) is 20.3 Å². The Bertz CT molecular complexity index is 1270. The van der Waals surface area contributed by atoms with Crippen LogP contribution in [0.2, 0.25) is 0 Å². The third-order valence-corrected chi connectivity index (χ3v) is 5.27. The molecule has 0 unspecified atom stereocenters. The summed E-state index contributed by atoms with van der Waals surface area (Å²) in [4.78, 5) is 6.92. The minimum atomic E-state index is 1.01. The third kappa shape index (κ3) is 2.61. The topological polar surface area (TPSA) is 15.6 Å². The first-order valence-electron chi connectivity index (χ1n) is 9.19. The number of benzene rings is 5. The van der Waals surface area contributed by atoms with Gasteiger partial charge in [-0.1, -0.05) is 60.7 Å². The van der Waals surface area contributed by atoms with Crippen molar-refractivity contribution < 1.29 is 0 Å². The van der Waals surface area contributed by atoms with Gasteiger partial charge < -0.3 is 4.90 Å². The highest BCUT2D eigenvalue weighted by molar-refractivity contribution is 6.25. The van der Waals surface area contributed by atoms with E-state index in [4.69, 9.17) is 4.99 Å². The van der Waals surface area contributed by atoms with Crippen LogP contribution >= 0.6 is 0 Å². The monoisotopic (exact) mass is 348 g/mol. The molecule has 0 amide bonds. The van der Waals surface area contributed by atoms with Gasteiger partial charge in [0, 0.05) is 31.4 Å². The zero-order valence-corrected chi connectivity index (χ0v) is 15.5. The lowest BCUT2D eigenvalue weighted by Gasteiger charge is -2.12. The quantitative estimate of drug-likeness (QED) is 0.272. The SMILES string of the molecule is CN(C)c1ccc(C=Nc2ccc3ccc4cccc5ccc2c3c45)cc1. The Morgan fingerprint density at radius 3 is 2.00 bits per heavy atom. The van der Waals surface area contributed by atoms with Crippen molar-refractivity contribution in [3.05, 3.63) is 84.4 Å². The number of aliphatic imine (C=N–C) groups is 1. The van der Waals surface area contributed by atoms with Crippen LogP contribution < -0.4 is 4.90 Å². The average molecular weight is 348 g/mol. The molecule has 0 aromatic heterocycles. The minimum absolute atomic E-state index is 1.01. The Morgan fingerprint density at radius 1 is 0.667 bits per heavy atom. The van der Waals surface area contributed by atoms with Crippen LogP contribution in [0.1, 0.15) is 5.56 Å². The van der Waals surface area contributed by atoms with Crippen LogP contribution in [-0.2, 0) is 0 Å². The highest BCUT2D eigenvalue weighted by Crippen LogP contribution is 2.38. The fraction of sp³-hybridized carbons (Fsp3) is 0.0800. The molecule has 5 aromatic carbocycles. The average Bonchev–Trinajstić information content (AvgIpc) is 2.71. The molecule has 5 rings (SSSR count). The predicted molar refractivity (Wildman–Crippen MR) is 118 cm³/mol. The van der Waals surface area contributed by atoms with Gasteiger partial charge in [-0.2, -0.15) is 0 Å². The molecule has 5 aromatic rings. The molecule has 0 aliphatic carbocycles. The summed E-state index contributed by atoms with van der Waals surface area (Å²) in [5.41, 5.74) is 3.30. The van der Waals surface area contributed by atoms with Gasteiger partial charge in [-0.15, -0.1) is 0 Å². The molecule has 0 atom stereocenters. The first-order valence-corrected chi connectivity index (χ1v) is 9.19. The second kappa shape index (κ2) is 6.10. The van der Waals surface area contributed by atoms with Crippen molar-refractivity contribution in [2.24, 2.45) is 4.99 Å². The smallest absolute Gasteiger partial charge is 0.0708 e. The molecule has 0 spiro atoms. The normalized spacial score (nSPS) is 11.9. The van der Waals surface area contributed by atoms with Gasteiger partial charge in [0.25, 0.3) is 0 Å². The zero-order chi connectivity index (χ0) is 18.4. The maximum absolute atomic E-state index is 4.82. The summed E-state index contributed by atoms with van der Waals surface area (Å²) in [6, 6.07) is 28.0. The van der Waals surface area contributed by atoms with Gasteiger partial charge in [-0.3, -0.25) is 4.99 Å². The molecule has 0 radical (unpaired) electrons. The summed E-state index contributed by atoms with van der Waals surface area (Å²) in [6.45, 7) is 0. The number of hydrogen-bond acceptors (Lipinski definition) is 2. The lowest BCUT2D eigenvalue weighted by atomic mass is 9.93.